The van der Waals surface area contributed by atoms with Crippen LogP contribution in [-0.2, 0) is 10.0 Å². The number of benzene rings is 1. The number of hydrogen-bond acceptors (Lipinski definition) is 4. The van der Waals surface area contributed by atoms with E-state index in [-0.39, 0.29) is 12.1 Å². The van der Waals surface area contributed by atoms with Crippen LogP contribution in [0, 0.1) is 0 Å². The zero-order valence-corrected chi connectivity index (χ0v) is 13.1. The van der Waals surface area contributed by atoms with Gasteiger partial charge in [-0.3, -0.25) is 0 Å². The molecule has 2 N–H and O–H groups in total. The molecular formula is C14H23N3O2S. The molecule has 2 rings (SSSR count). The second kappa shape index (κ2) is 5.81. The summed E-state index contributed by atoms with van der Waals surface area (Å²) in [7, 11) is -1.38. The molecule has 0 aromatic heterocycles. The molecule has 2 unspecified atom stereocenters. The van der Waals surface area contributed by atoms with Crippen LogP contribution in [0.4, 0.5) is 0 Å². The molecule has 1 aromatic rings. The van der Waals surface area contributed by atoms with Gasteiger partial charge in [-0.2, -0.15) is 4.31 Å². The zero-order chi connectivity index (χ0) is 14.9. The summed E-state index contributed by atoms with van der Waals surface area (Å²) in [6.07, 6.45) is 0. The lowest BCUT2D eigenvalue weighted by Crippen LogP contribution is -2.51. The topological polar surface area (TPSA) is 66.6 Å². The van der Waals surface area contributed by atoms with Gasteiger partial charge >= 0.3 is 0 Å². The van der Waals surface area contributed by atoms with E-state index in [1.165, 1.54) is 0 Å². The molecule has 5 nitrogen and oxygen atoms in total. The van der Waals surface area contributed by atoms with E-state index in [2.05, 4.69) is 4.90 Å². The average Bonchev–Trinajstić information content (AvgIpc) is 2.41. The van der Waals surface area contributed by atoms with Gasteiger partial charge in [-0.05, 0) is 38.6 Å². The van der Waals surface area contributed by atoms with Crippen molar-refractivity contribution in [2.75, 3.05) is 26.7 Å². The van der Waals surface area contributed by atoms with Crippen molar-refractivity contribution in [1.82, 2.24) is 9.21 Å². The van der Waals surface area contributed by atoms with E-state index < -0.39 is 10.0 Å². The van der Waals surface area contributed by atoms with Crippen LogP contribution >= 0.6 is 0 Å². The summed E-state index contributed by atoms with van der Waals surface area (Å²) < 4.78 is 26.8. The molecule has 0 bridgehead atoms. The summed E-state index contributed by atoms with van der Waals surface area (Å²) in [5.74, 6) is 0. The lowest BCUT2D eigenvalue weighted by molar-refractivity contribution is 0.159. The molecule has 0 aliphatic carbocycles. The van der Waals surface area contributed by atoms with E-state index >= 15 is 0 Å². The first-order chi connectivity index (χ1) is 9.32. The van der Waals surface area contributed by atoms with Crippen molar-refractivity contribution in [3.8, 4) is 0 Å². The Morgan fingerprint density at radius 3 is 2.35 bits per heavy atom. The zero-order valence-electron chi connectivity index (χ0n) is 12.3. The largest absolute Gasteiger partial charge is 0.324 e. The number of nitrogens with zero attached hydrogens (tertiary/aromatic N) is 2. The molecule has 1 aliphatic heterocycles. The van der Waals surface area contributed by atoms with Crippen molar-refractivity contribution in [2.45, 2.75) is 30.8 Å². The summed E-state index contributed by atoms with van der Waals surface area (Å²) in [6.45, 7) is 5.76. The number of piperazine rings is 1. The number of hydrogen-bond donors (Lipinski definition) is 1. The van der Waals surface area contributed by atoms with Gasteiger partial charge in [-0.15, -0.1) is 0 Å². The standard InChI is InChI=1S/C14H23N3O2S/c1-11-10-17(9-8-16(11)3)20(18,19)14-6-4-13(5-7-14)12(2)15/h4-7,11-12H,8-10,15H2,1-3H3. The fourth-order valence-electron chi connectivity index (χ4n) is 2.33. The molecule has 112 valence electrons. The summed E-state index contributed by atoms with van der Waals surface area (Å²) >= 11 is 0. The predicted molar refractivity (Wildman–Crippen MR) is 79.9 cm³/mol. The predicted octanol–water partition coefficient (Wildman–Crippen LogP) is 1.03. The van der Waals surface area contributed by atoms with E-state index in [1.54, 1.807) is 28.6 Å². The van der Waals surface area contributed by atoms with Crippen LogP contribution in [0.25, 0.3) is 0 Å². The minimum atomic E-state index is -3.39. The van der Waals surface area contributed by atoms with Gasteiger partial charge in [-0.25, -0.2) is 8.42 Å². The van der Waals surface area contributed by atoms with E-state index in [0.717, 1.165) is 12.1 Å². The number of nitrogens with two attached hydrogens (primary N) is 1. The maximum absolute atomic E-state index is 12.6. The lowest BCUT2D eigenvalue weighted by atomic mass is 10.1. The maximum atomic E-state index is 12.6. The van der Waals surface area contributed by atoms with Crippen LogP contribution in [0.5, 0.6) is 0 Å². The van der Waals surface area contributed by atoms with Crippen molar-refractivity contribution in [1.29, 1.82) is 0 Å². The van der Waals surface area contributed by atoms with Crippen LogP contribution in [-0.4, -0.2) is 50.3 Å². The molecule has 0 saturated carbocycles. The molecule has 2 atom stereocenters. The highest BCUT2D eigenvalue weighted by Gasteiger charge is 2.30. The Morgan fingerprint density at radius 1 is 1.25 bits per heavy atom. The van der Waals surface area contributed by atoms with Gasteiger partial charge in [0.15, 0.2) is 0 Å². The molecule has 0 amide bonds. The van der Waals surface area contributed by atoms with Crippen LogP contribution in [0.2, 0.25) is 0 Å². The highest BCUT2D eigenvalue weighted by atomic mass is 32.2. The van der Waals surface area contributed by atoms with E-state index in [1.807, 2.05) is 20.9 Å². The summed E-state index contributed by atoms with van der Waals surface area (Å²) in [6, 6.07) is 7.03. The lowest BCUT2D eigenvalue weighted by Gasteiger charge is -2.36. The number of sulfonamides is 1. The highest BCUT2D eigenvalue weighted by Crippen LogP contribution is 2.21. The molecule has 1 heterocycles. The molecule has 20 heavy (non-hydrogen) atoms. The monoisotopic (exact) mass is 297 g/mol. The fourth-order valence-corrected chi connectivity index (χ4v) is 3.84. The van der Waals surface area contributed by atoms with Gasteiger partial charge in [-0.1, -0.05) is 12.1 Å². The van der Waals surface area contributed by atoms with Crippen molar-refractivity contribution in [3.63, 3.8) is 0 Å². The van der Waals surface area contributed by atoms with E-state index in [4.69, 9.17) is 5.73 Å². The Labute approximate surface area is 121 Å². The maximum Gasteiger partial charge on any atom is 0.243 e. The third-order valence-corrected chi connectivity index (χ3v) is 5.85. The Kier molecular flexibility index (Phi) is 4.49. The van der Waals surface area contributed by atoms with Gasteiger partial charge in [0, 0.05) is 31.7 Å². The number of rotatable bonds is 3. The van der Waals surface area contributed by atoms with Gasteiger partial charge in [0.1, 0.15) is 0 Å². The summed E-state index contributed by atoms with van der Waals surface area (Å²) in [5, 5.41) is 0. The van der Waals surface area contributed by atoms with Crippen molar-refractivity contribution >= 4 is 10.0 Å². The second-order valence-electron chi connectivity index (χ2n) is 5.55. The van der Waals surface area contributed by atoms with Crippen LogP contribution in [0.1, 0.15) is 25.5 Å². The molecular weight excluding hydrogens is 274 g/mol. The molecule has 6 heteroatoms. The average molecular weight is 297 g/mol. The third-order valence-electron chi connectivity index (χ3n) is 3.97. The van der Waals surface area contributed by atoms with Gasteiger partial charge in [0.05, 0.1) is 4.90 Å². The minimum absolute atomic E-state index is 0.0876. The minimum Gasteiger partial charge on any atom is -0.324 e. The third kappa shape index (κ3) is 3.03. The first kappa shape index (κ1) is 15.4. The Bertz CT molecular complexity index is 554. The van der Waals surface area contributed by atoms with Crippen LogP contribution in [0.3, 0.4) is 0 Å². The molecule has 0 spiro atoms. The van der Waals surface area contributed by atoms with Gasteiger partial charge in [0.25, 0.3) is 0 Å². The Morgan fingerprint density at radius 2 is 1.85 bits per heavy atom. The van der Waals surface area contributed by atoms with Gasteiger partial charge < -0.3 is 10.6 Å². The van der Waals surface area contributed by atoms with Gasteiger partial charge in [0.2, 0.25) is 10.0 Å². The van der Waals surface area contributed by atoms with Crippen molar-refractivity contribution in [2.24, 2.45) is 5.73 Å². The first-order valence-corrected chi connectivity index (χ1v) is 8.32. The van der Waals surface area contributed by atoms with E-state index in [0.29, 0.717) is 18.0 Å². The molecule has 0 radical (unpaired) electrons. The highest BCUT2D eigenvalue weighted by molar-refractivity contribution is 7.89. The second-order valence-corrected chi connectivity index (χ2v) is 7.49. The molecule has 1 saturated heterocycles. The van der Waals surface area contributed by atoms with Crippen LogP contribution < -0.4 is 5.73 Å². The van der Waals surface area contributed by atoms with E-state index in [9.17, 15) is 8.42 Å². The molecule has 1 fully saturated rings. The van der Waals surface area contributed by atoms with Crippen LogP contribution in [0.15, 0.2) is 29.2 Å². The van der Waals surface area contributed by atoms with Crippen molar-refractivity contribution < 1.29 is 8.42 Å². The first-order valence-electron chi connectivity index (χ1n) is 6.88. The quantitative estimate of drug-likeness (QED) is 0.905. The fraction of sp³-hybridized carbons (Fsp3) is 0.571. The summed E-state index contributed by atoms with van der Waals surface area (Å²) in [5.41, 5.74) is 6.72. The Balaban J connectivity index is 2.22. The molecule has 1 aliphatic rings. The normalized spacial score (nSPS) is 23.7. The summed E-state index contributed by atoms with van der Waals surface area (Å²) in [4.78, 5) is 2.52. The molecule has 1 aromatic carbocycles. The smallest absolute Gasteiger partial charge is 0.243 e. The van der Waals surface area contributed by atoms with Crippen molar-refractivity contribution in [3.05, 3.63) is 29.8 Å². The number of likely N-dealkylation sites (N-methyl/N-ethyl adjacent to an activating group) is 1. The SMILES string of the molecule is CC(N)c1ccc(S(=O)(=O)N2CCN(C)C(C)C2)cc1. The Hall–Kier alpha value is -0.950.